The standard InChI is InChI=1S/C30H44N2O6S2/c1-8-39-30(40-9-2,20-25(33)36-7)19-23-27-21(26-22(31-27)13-12-14-24(26)35-6)15-17-32(23)16-10-11-18-37-28(34)38-29(3,4)5/h10-14,23,31H,8-9,15-20H2,1-7H3/b11-10+. The highest BCUT2D eigenvalue weighted by Crippen LogP contribution is 2.50. The normalized spacial score (nSPS) is 16.2. The summed E-state index contributed by atoms with van der Waals surface area (Å²) in [5.74, 6) is 2.47. The number of nitrogens with one attached hydrogen (secondary N) is 1. The van der Waals surface area contributed by atoms with E-state index in [1.165, 1.54) is 18.4 Å². The molecular formula is C30H44N2O6S2. The van der Waals surface area contributed by atoms with Crippen molar-refractivity contribution in [3.63, 3.8) is 0 Å². The number of hydrogen-bond donors (Lipinski definition) is 1. The second-order valence-electron chi connectivity index (χ2n) is 10.6. The maximum Gasteiger partial charge on any atom is 0.509 e. The Hall–Kier alpha value is -2.30. The van der Waals surface area contributed by atoms with Crippen LogP contribution >= 0.6 is 23.5 Å². The van der Waals surface area contributed by atoms with Crippen LogP contribution in [-0.2, 0) is 25.4 Å². The van der Waals surface area contributed by atoms with E-state index in [2.05, 4.69) is 29.8 Å². The van der Waals surface area contributed by atoms with Gasteiger partial charge in [-0.3, -0.25) is 9.69 Å². The van der Waals surface area contributed by atoms with Crippen LogP contribution in [0.15, 0.2) is 30.4 Å². The van der Waals surface area contributed by atoms with Crippen LogP contribution in [0, 0.1) is 0 Å². The molecule has 1 aromatic carbocycles. The van der Waals surface area contributed by atoms with Gasteiger partial charge >= 0.3 is 12.1 Å². The summed E-state index contributed by atoms with van der Waals surface area (Å²) in [5, 5.41) is 1.14. The molecule has 3 rings (SSSR count). The molecule has 222 valence electrons. The molecule has 2 aromatic rings. The number of hydrogen-bond acceptors (Lipinski definition) is 9. The Labute approximate surface area is 246 Å². The Bertz CT molecular complexity index is 1170. The van der Waals surface area contributed by atoms with E-state index < -0.39 is 11.8 Å². The molecule has 1 aromatic heterocycles. The van der Waals surface area contributed by atoms with E-state index in [4.69, 9.17) is 18.9 Å². The van der Waals surface area contributed by atoms with Gasteiger partial charge < -0.3 is 23.9 Å². The number of aromatic nitrogens is 1. The minimum absolute atomic E-state index is 0.0417. The quantitative estimate of drug-likeness (QED) is 0.154. The number of ether oxygens (including phenoxy) is 4. The number of benzene rings is 1. The molecule has 0 fully saturated rings. The van der Waals surface area contributed by atoms with Gasteiger partial charge in [-0.15, -0.1) is 23.5 Å². The first-order valence-electron chi connectivity index (χ1n) is 13.8. The lowest BCUT2D eigenvalue weighted by Gasteiger charge is -2.41. The first-order chi connectivity index (χ1) is 19.1. The summed E-state index contributed by atoms with van der Waals surface area (Å²) in [6.07, 6.45) is 5.19. The van der Waals surface area contributed by atoms with Gasteiger partial charge in [-0.25, -0.2) is 4.79 Å². The summed E-state index contributed by atoms with van der Waals surface area (Å²) in [4.78, 5) is 30.7. The van der Waals surface area contributed by atoms with Crippen molar-refractivity contribution >= 4 is 46.6 Å². The maximum atomic E-state index is 12.6. The van der Waals surface area contributed by atoms with E-state index in [0.29, 0.717) is 13.0 Å². The molecule has 10 heteroatoms. The monoisotopic (exact) mass is 592 g/mol. The third-order valence-electron chi connectivity index (χ3n) is 6.72. The smallest absolute Gasteiger partial charge is 0.496 e. The Kier molecular flexibility index (Phi) is 11.7. The number of thioether (sulfide) groups is 2. The number of rotatable bonds is 13. The lowest BCUT2D eigenvalue weighted by Crippen LogP contribution is -2.40. The largest absolute Gasteiger partial charge is 0.509 e. The van der Waals surface area contributed by atoms with Crippen molar-refractivity contribution in [1.82, 2.24) is 9.88 Å². The zero-order valence-electron chi connectivity index (χ0n) is 24.8. The summed E-state index contributed by atoms with van der Waals surface area (Å²) >= 11 is 3.65. The van der Waals surface area contributed by atoms with Crippen molar-refractivity contribution in [2.45, 2.75) is 69.6 Å². The van der Waals surface area contributed by atoms with Crippen LogP contribution in [-0.4, -0.2) is 77.1 Å². The second kappa shape index (κ2) is 14.5. The molecule has 0 saturated carbocycles. The lowest BCUT2D eigenvalue weighted by atomic mass is 9.93. The van der Waals surface area contributed by atoms with Gasteiger partial charge in [0, 0.05) is 29.7 Å². The van der Waals surface area contributed by atoms with Crippen LogP contribution in [0.2, 0.25) is 0 Å². The molecule has 0 aliphatic carbocycles. The minimum atomic E-state index is -0.676. The van der Waals surface area contributed by atoms with Gasteiger partial charge in [0.25, 0.3) is 0 Å². The summed E-state index contributed by atoms with van der Waals surface area (Å²) in [5.41, 5.74) is 2.92. The molecule has 2 heterocycles. The van der Waals surface area contributed by atoms with E-state index in [1.807, 2.05) is 68.6 Å². The highest BCUT2D eigenvalue weighted by atomic mass is 32.2. The zero-order valence-corrected chi connectivity index (χ0v) is 26.5. The van der Waals surface area contributed by atoms with Crippen molar-refractivity contribution in [2.75, 3.05) is 45.4 Å². The minimum Gasteiger partial charge on any atom is -0.496 e. The van der Waals surface area contributed by atoms with Gasteiger partial charge in [-0.2, -0.15) is 0 Å². The van der Waals surface area contributed by atoms with Gasteiger partial charge in [0.05, 0.1) is 30.8 Å². The molecule has 1 aliphatic heterocycles. The number of fused-ring (bicyclic) bond motifs is 3. The Morgan fingerprint density at radius 1 is 1.12 bits per heavy atom. The molecule has 1 atom stereocenters. The lowest BCUT2D eigenvalue weighted by molar-refractivity contribution is -0.140. The molecule has 1 N–H and O–H groups in total. The first kappa shape index (κ1) is 32.2. The second-order valence-corrected chi connectivity index (χ2v) is 14.2. The van der Waals surface area contributed by atoms with Crippen molar-refractivity contribution in [3.05, 3.63) is 41.6 Å². The fourth-order valence-electron chi connectivity index (χ4n) is 5.18. The van der Waals surface area contributed by atoms with Crippen LogP contribution < -0.4 is 4.74 Å². The molecule has 8 nitrogen and oxygen atoms in total. The predicted octanol–water partition coefficient (Wildman–Crippen LogP) is 6.74. The molecule has 0 amide bonds. The number of H-pyrrole nitrogens is 1. The fourth-order valence-corrected chi connectivity index (χ4v) is 8.26. The third kappa shape index (κ3) is 8.36. The molecule has 0 bridgehead atoms. The highest BCUT2D eigenvalue weighted by molar-refractivity contribution is 8.18. The topological polar surface area (TPSA) is 90.1 Å². The van der Waals surface area contributed by atoms with Crippen molar-refractivity contribution in [3.8, 4) is 5.75 Å². The Balaban J connectivity index is 1.92. The van der Waals surface area contributed by atoms with Gasteiger partial charge in [0.15, 0.2) is 0 Å². The summed E-state index contributed by atoms with van der Waals surface area (Å²) in [7, 11) is 3.17. The van der Waals surface area contributed by atoms with Crippen molar-refractivity contribution < 1.29 is 28.5 Å². The average molecular weight is 593 g/mol. The molecule has 0 saturated heterocycles. The zero-order chi connectivity index (χ0) is 29.3. The van der Waals surface area contributed by atoms with E-state index in [-0.39, 0.29) is 22.7 Å². The van der Waals surface area contributed by atoms with Gasteiger partial charge in [0.1, 0.15) is 18.0 Å². The van der Waals surface area contributed by atoms with E-state index in [0.717, 1.165) is 47.5 Å². The number of aromatic amines is 1. The number of esters is 1. The van der Waals surface area contributed by atoms with Gasteiger partial charge in [0.2, 0.25) is 0 Å². The number of methoxy groups -OCH3 is 2. The van der Waals surface area contributed by atoms with Crippen LogP contribution in [0.3, 0.4) is 0 Å². The number of carbonyl (C=O) groups excluding carboxylic acids is 2. The maximum absolute atomic E-state index is 12.6. The molecular weight excluding hydrogens is 548 g/mol. The Morgan fingerprint density at radius 2 is 1.85 bits per heavy atom. The highest BCUT2D eigenvalue weighted by Gasteiger charge is 2.41. The van der Waals surface area contributed by atoms with Crippen LogP contribution in [0.1, 0.15) is 64.8 Å². The van der Waals surface area contributed by atoms with Crippen molar-refractivity contribution in [1.29, 1.82) is 0 Å². The predicted molar refractivity (Wildman–Crippen MR) is 164 cm³/mol. The molecule has 0 spiro atoms. The van der Waals surface area contributed by atoms with E-state index in [1.54, 1.807) is 7.11 Å². The number of carbonyl (C=O) groups is 2. The molecule has 0 radical (unpaired) electrons. The third-order valence-corrected chi connectivity index (χ3v) is 9.68. The van der Waals surface area contributed by atoms with Crippen LogP contribution in [0.4, 0.5) is 4.79 Å². The van der Waals surface area contributed by atoms with Crippen LogP contribution in [0.5, 0.6) is 5.75 Å². The molecule has 1 unspecified atom stereocenters. The van der Waals surface area contributed by atoms with Crippen molar-refractivity contribution in [2.24, 2.45) is 0 Å². The van der Waals surface area contributed by atoms with E-state index >= 15 is 0 Å². The summed E-state index contributed by atoms with van der Waals surface area (Å²) in [6, 6.07) is 6.15. The molecule has 40 heavy (non-hydrogen) atoms. The fraction of sp³-hybridized carbons (Fsp3) is 0.600. The SMILES string of the molecule is CCSC(CC(=O)OC)(CC1c2[nH]c3cccc(OC)c3c2CCN1C/C=C/COC(=O)OC(C)(C)C)SCC. The van der Waals surface area contributed by atoms with Gasteiger partial charge in [-0.05, 0) is 68.9 Å². The van der Waals surface area contributed by atoms with E-state index in [9.17, 15) is 9.59 Å². The Morgan fingerprint density at radius 3 is 2.48 bits per heavy atom. The summed E-state index contributed by atoms with van der Waals surface area (Å²) in [6.45, 7) is 11.4. The average Bonchev–Trinajstić information content (AvgIpc) is 3.28. The first-order valence-corrected chi connectivity index (χ1v) is 15.8. The molecule has 1 aliphatic rings. The van der Waals surface area contributed by atoms with Gasteiger partial charge in [-0.1, -0.05) is 26.0 Å². The summed E-state index contributed by atoms with van der Waals surface area (Å²) < 4.78 is 21.0. The van der Waals surface area contributed by atoms with Crippen LogP contribution in [0.25, 0.3) is 10.9 Å². The number of nitrogens with zero attached hydrogens (tertiary/aromatic N) is 1.